The maximum Gasteiger partial charge on any atom is 0.246 e. The number of carbonyl (C=O) groups excluding carboxylic acids is 1. The van der Waals surface area contributed by atoms with E-state index in [2.05, 4.69) is 10.6 Å². The molecule has 1 aromatic carbocycles. The normalized spacial score (nSPS) is 15.3. The van der Waals surface area contributed by atoms with Crippen LogP contribution in [0.15, 0.2) is 23.1 Å². The number of piperidine rings is 1. The minimum atomic E-state index is -3.69. The van der Waals surface area contributed by atoms with Gasteiger partial charge >= 0.3 is 0 Å². The third-order valence-corrected chi connectivity index (χ3v) is 6.62. The number of hydrogen-bond acceptors (Lipinski definition) is 5. The van der Waals surface area contributed by atoms with E-state index in [0.29, 0.717) is 31.1 Å². The molecule has 27 heavy (non-hydrogen) atoms. The molecule has 0 atom stereocenters. The van der Waals surface area contributed by atoms with Crippen LogP contribution in [0.25, 0.3) is 0 Å². The Kier molecular flexibility index (Phi) is 9.52. The highest BCUT2D eigenvalue weighted by Gasteiger charge is 2.27. The molecule has 2 N–H and O–H groups in total. The van der Waals surface area contributed by atoms with Crippen molar-refractivity contribution in [1.29, 1.82) is 0 Å². The first kappa shape index (κ1) is 23.7. The van der Waals surface area contributed by atoms with Gasteiger partial charge in [0.2, 0.25) is 15.9 Å². The number of nitrogens with zero attached hydrogens (tertiary/aromatic N) is 1. The number of anilines is 1. The summed E-state index contributed by atoms with van der Waals surface area (Å²) < 4.78 is 32.8. The first-order valence-corrected chi connectivity index (χ1v) is 10.7. The van der Waals surface area contributed by atoms with Gasteiger partial charge in [-0.3, -0.25) is 4.79 Å². The van der Waals surface area contributed by atoms with E-state index in [1.165, 1.54) is 10.4 Å². The molecule has 9 heteroatoms. The van der Waals surface area contributed by atoms with Crippen molar-refractivity contribution in [3.05, 3.63) is 18.2 Å². The van der Waals surface area contributed by atoms with Gasteiger partial charge in [-0.1, -0.05) is 13.8 Å². The third kappa shape index (κ3) is 5.81. The minimum Gasteiger partial charge on any atom is -0.492 e. The van der Waals surface area contributed by atoms with Gasteiger partial charge in [-0.05, 0) is 51.1 Å². The smallest absolute Gasteiger partial charge is 0.246 e. The highest BCUT2D eigenvalue weighted by Crippen LogP contribution is 2.30. The van der Waals surface area contributed by atoms with Gasteiger partial charge in [-0.25, -0.2) is 8.42 Å². The second-order valence-corrected chi connectivity index (χ2v) is 8.10. The molecule has 0 aliphatic carbocycles. The molecule has 1 aliphatic rings. The first-order chi connectivity index (χ1) is 12.4. The topological polar surface area (TPSA) is 87.7 Å². The summed E-state index contributed by atoms with van der Waals surface area (Å²) in [6.07, 6.45) is 1.57. The van der Waals surface area contributed by atoms with Gasteiger partial charge in [-0.2, -0.15) is 4.31 Å². The number of benzene rings is 1. The molecule has 0 aromatic heterocycles. The lowest BCUT2D eigenvalue weighted by Crippen LogP contribution is -2.34. The van der Waals surface area contributed by atoms with E-state index in [4.69, 9.17) is 4.74 Å². The Morgan fingerprint density at radius 1 is 1.22 bits per heavy atom. The van der Waals surface area contributed by atoms with Crippen molar-refractivity contribution in [3.63, 3.8) is 0 Å². The van der Waals surface area contributed by atoms with E-state index in [0.717, 1.165) is 25.9 Å². The van der Waals surface area contributed by atoms with Crippen molar-refractivity contribution in [1.82, 2.24) is 9.62 Å². The molecule has 7 nitrogen and oxygen atoms in total. The van der Waals surface area contributed by atoms with Gasteiger partial charge in [0.1, 0.15) is 10.6 Å². The number of amides is 1. The number of rotatable bonds is 8. The van der Waals surface area contributed by atoms with Crippen LogP contribution in [0.3, 0.4) is 0 Å². The molecular formula is C18H30ClN3O4S. The van der Waals surface area contributed by atoms with Crippen LogP contribution in [0, 0.1) is 5.92 Å². The Bertz CT molecular complexity index is 717. The lowest BCUT2D eigenvalue weighted by atomic mass is 9.97. The van der Waals surface area contributed by atoms with Crippen LogP contribution in [-0.2, 0) is 14.8 Å². The van der Waals surface area contributed by atoms with E-state index in [1.807, 2.05) is 0 Å². The fraction of sp³-hybridized carbons (Fsp3) is 0.611. The van der Waals surface area contributed by atoms with Gasteiger partial charge in [0.25, 0.3) is 0 Å². The third-order valence-electron chi connectivity index (χ3n) is 4.54. The van der Waals surface area contributed by atoms with Crippen molar-refractivity contribution in [2.45, 2.75) is 38.5 Å². The van der Waals surface area contributed by atoms with Crippen LogP contribution >= 0.6 is 12.4 Å². The average molecular weight is 420 g/mol. The Morgan fingerprint density at radius 2 is 1.85 bits per heavy atom. The molecule has 0 unspecified atom stereocenters. The number of carbonyl (C=O) groups is 1. The summed E-state index contributed by atoms with van der Waals surface area (Å²) in [4.78, 5) is 12.5. The van der Waals surface area contributed by atoms with Gasteiger partial charge < -0.3 is 15.4 Å². The van der Waals surface area contributed by atoms with Crippen molar-refractivity contribution < 1.29 is 17.9 Å². The van der Waals surface area contributed by atoms with Crippen LogP contribution in [0.4, 0.5) is 5.69 Å². The van der Waals surface area contributed by atoms with Gasteiger partial charge in [-0.15, -0.1) is 12.4 Å². The Hall–Kier alpha value is -1.35. The predicted molar refractivity (Wildman–Crippen MR) is 109 cm³/mol. The second-order valence-electron chi connectivity index (χ2n) is 6.20. The fourth-order valence-electron chi connectivity index (χ4n) is 3.09. The maximum absolute atomic E-state index is 13.0. The maximum atomic E-state index is 13.0. The lowest BCUT2D eigenvalue weighted by Gasteiger charge is -2.23. The molecule has 1 fully saturated rings. The molecule has 1 aliphatic heterocycles. The zero-order valence-electron chi connectivity index (χ0n) is 16.2. The quantitative estimate of drug-likeness (QED) is 0.675. The summed E-state index contributed by atoms with van der Waals surface area (Å²) in [5.74, 6) is 0.187. The number of halogens is 1. The summed E-state index contributed by atoms with van der Waals surface area (Å²) in [6, 6.07) is 4.79. The molecular weight excluding hydrogens is 390 g/mol. The standard InChI is InChI=1S/C18H29N3O4S.ClH/c1-4-21(5-2)26(23,24)17-13-15(7-8-16(17)25-6-3)20-18(22)14-9-11-19-12-10-14;/h7-8,13-14,19H,4-6,9-12H2,1-3H3,(H,20,22);1H. The number of sulfonamides is 1. The summed E-state index contributed by atoms with van der Waals surface area (Å²) in [5.41, 5.74) is 0.475. The van der Waals surface area contributed by atoms with E-state index < -0.39 is 10.0 Å². The second kappa shape index (κ2) is 10.8. The van der Waals surface area contributed by atoms with E-state index in [1.54, 1.807) is 32.9 Å². The number of ether oxygens (including phenoxy) is 1. The predicted octanol–water partition coefficient (Wildman–Crippen LogP) is 2.48. The molecule has 154 valence electrons. The SMILES string of the molecule is CCOc1ccc(NC(=O)C2CCNCC2)cc1S(=O)(=O)N(CC)CC.Cl. The van der Waals surface area contributed by atoms with Crippen LogP contribution in [0.1, 0.15) is 33.6 Å². The summed E-state index contributed by atoms with van der Waals surface area (Å²) in [5, 5.41) is 6.09. The molecule has 1 aromatic rings. The number of hydrogen-bond donors (Lipinski definition) is 2. The van der Waals surface area contributed by atoms with Gasteiger partial charge in [0, 0.05) is 24.7 Å². The zero-order chi connectivity index (χ0) is 19.2. The molecule has 2 rings (SSSR count). The largest absolute Gasteiger partial charge is 0.492 e. The summed E-state index contributed by atoms with van der Waals surface area (Å²) >= 11 is 0. The minimum absolute atomic E-state index is 0. The van der Waals surface area contributed by atoms with Crippen molar-refractivity contribution in [2.24, 2.45) is 5.92 Å². The Balaban J connectivity index is 0.00000364. The summed E-state index contributed by atoms with van der Waals surface area (Å²) in [6.45, 7) is 8.15. The highest BCUT2D eigenvalue weighted by atomic mass is 35.5. The monoisotopic (exact) mass is 419 g/mol. The van der Waals surface area contributed by atoms with Crippen LogP contribution < -0.4 is 15.4 Å². The Labute approximate surface area is 168 Å². The van der Waals surface area contributed by atoms with Crippen molar-refractivity contribution in [2.75, 3.05) is 38.1 Å². The average Bonchev–Trinajstić information content (AvgIpc) is 2.64. The van der Waals surface area contributed by atoms with Crippen LogP contribution in [-0.4, -0.2) is 51.4 Å². The van der Waals surface area contributed by atoms with E-state index in [-0.39, 0.29) is 29.1 Å². The first-order valence-electron chi connectivity index (χ1n) is 9.22. The zero-order valence-corrected chi connectivity index (χ0v) is 17.8. The molecule has 0 radical (unpaired) electrons. The number of nitrogens with one attached hydrogen (secondary N) is 2. The molecule has 0 bridgehead atoms. The molecule has 0 spiro atoms. The molecule has 1 heterocycles. The highest BCUT2D eigenvalue weighted by molar-refractivity contribution is 7.89. The molecule has 0 saturated carbocycles. The summed E-state index contributed by atoms with van der Waals surface area (Å²) in [7, 11) is -3.69. The van der Waals surface area contributed by atoms with Gasteiger partial charge in [0.05, 0.1) is 6.61 Å². The van der Waals surface area contributed by atoms with Gasteiger partial charge in [0.15, 0.2) is 0 Å². The van der Waals surface area contributed by atoms with Crippen LogP contribution in [0.5, 0.6) is 5.75 Å². The fourth-order valence-corrected chi connectivity index (χ4v) is 4.71. The van der Waals surface area contributed by atoms with E-state index >= 15 is 0 Å². The molecule has 1 saturated heterocycles. The van der Waals surface area contributed by atoms with E-state index in [9.17, 15) is 13.2 Å². The van der Waals surface area contributed by atoms with Crippen LogP contribution in [0.2, 0.25) is 0 Å². The van der Waals surface area contributed by atoms with Crippen molar-refractivity contribution in [3.8, 4) is 5.75 Å². The Morgan fingerprint density at radius 3 is 2.41 bits per heavy atom. The molecule has 1 amide bonds. The van der Waals surface area contributed by atoms with Crippen molar-refractivity contribution >= 4 is 34.0 Å². The lowest BCUT2D eigenvalue weighted by molar-refractivity contribution is -0.120.